The number of hydrogen-bond donors (Lipinski definition) is 1. The van der Waals surface area contributed by atoms with Crippen molar-refractivity contribution in [3.8, 4) is 11.5 Å². The van der Waals surface area contributed by atoms with Crippen LogP contribution in [-0.2, 0) is 6.18 Å². The minimum Gasteiger partial charge on any atom is -0.490 e. The molecule has 0 fully saturated rings. The summed E-state index contributed by atoms with van der Waals surface area (Å²) >= 11 is 0. The molecule has 1 N–H and O–H groups in total. The molecular weight excluding hydrogens is 407 g/mol. The van der Waals surface area contributed by atoms with Gasteiger partial charge in [0.05, 0.1) is 29.8 Å². The van der Waals surface area contributed by atoms with Crippen molar-refractivity contribution in [2.45, 2.75) is 32.9 Å². The molecule has 1 heterocycles. The van der Waals surface area contributed by atoms with Gasteiger partial charge in [0, 0.05) is 12.3 Å². The third kappa shape index (κ3) is 5.82. The van der Waals surface area contributed by atoms with E-state index in [1.807, 2.05) is 13.8 Å². The van der Waals surface area contributed by atoms with Crippen LogP contribution in [0.4, 0.5) is 24.5 Å². The fourth-order valence-corrected chi connectivity index (χ4v) is 2.34. The van der Waals surface area contributed by atoms with Crippen molar-refractivity contribution >= 4 is 17.3 Å². The number of aromatic nitrogens is 1. The summed E-state index contributed by atoms with van der Waals surface area (Å²) in [5, 5.41) is 13.8. The van der Waals surface area contributed by atoms with Gasteiger partial charge in [-0.25, -0.2) is 0 Å². The number of alkyl halides is 3. The first-order valence-corrected chi connectivity index (χ1v) is 9.10. The van der Waals surface area contributed by atoms with E-state index in [9.17, 15) is 28.1 Å². The molecule has 2 rings (SSSR count). The lowest BCUT2D eigenvalue weighted by molar-refractivity contribution is -0.384. The number of benzene rings is 1. The number of amides is 1. The van der Waals surface area contributed by atoms with Gasteiger partial charge in [0.15, 0.2) is 11.5 Å². The number of nitro benzene ring substituents is 1. The van der Waals surface area contributed by atoms with Crippen LogP contribution in [0.3, 0.4) is 0 Å². The van der Waals surface area contributed by atoms with Gasteiger partial charge in [0.2, 0.25) is 0 Å². The minimum absolute atomic E-state index is 0.159. The molecule has 0 saturated carbocycles. The van der Waals surface area contributed by atoms with Crippen LogP contribution in [0.1, 0.15) is 42.7 Å². The molecule has 0 saturated heterocycles. The zero-order chi connectivity index (χ0) is 22.3. The Labute approximate surface area is 170 Å². The van der Waals surface area contributed by atoms with Gasteiger partial charge in [-0.15, -0.1) is 0 Å². The summed E-state index contributed by atoms with van der Waals surface area (Å²) in [5.74, 6) is -0.495. The monoisotopic (exact) mass is 427 g/mol. The van der Waals surface area contributed by atoms with Gasteiger partial charge >= 0.3 is 6.18 Å². The first kappa shape index (κ1) is 22.9. The average molecular weight is 427 g/mol. The Morgan fingerprint density at radius 3 is 2.20 bits per heavy atom. The number of nitro groups is 1. The summed E-state index contributed by atoms with van der Waals surface area (Å²) in [6.07, 6.45) is -2.56. The molecule has 0 aliphatic rings. The van der Waals surface area contributed by atoms with Gasteiger partial charge in [-0.2, -0.15) is 13.2 Å². The standard InChI is InChI=1S/C19H20F3N3O5/c1-3-7-29-15-9-13(14(25(27)28)10-16(15)30-8-4-2)24-18(26)12-5-6-17(23-11-12)19(20,21)22/h5-6,9-11H,3-4,7-8H2,1-2H3,(H,24,26). The van der Waals surface area contributed by atoms with Crippen LogP contribution < -0.4 is 14.8 Å². The van der Waals surface area contributed by atoms with Crippen molar-refractivity contribution < 1.29 is 32.4 Å². The highest BCUT2D eigenvalue weighted by Crippen LogP contribution is 2.38. The lowest BCUT2D eigenvalue weighted by Gasteiger charge is -2.14. The van der Waals surface area contributed by atoms with Crippen molar-refractivity contribution in [2.24, 2.45) is 0 Å². The van der Waals surface area contributed by atoms with Gasteiger partial charge in [-0.3, -0.25) is 19.9 Å². The summed E-state index contributed by atoms with van der Waals surface area (Å²) in [7, 11) is 0. The predicted octanol–water partition coefficient (Wildman–Crippen LogP) is 4.84. The largest absolute Gasteiger partial charge is 0.490 e. The minimum atomic E-state index is -4.65. The fourth-order valence-electron chi connectivity index (χ4n) is 2.34. The number of pyridine rings is 1. The Hall–Kier alpha value is -3.37. The number of carbonyl (C=O) groups is 1. The van der Waals surface area contributed by atoms with E-state index in [2.05, 4.69) is 10.3 Å². The third-order valence-corrected chi connectivity index (χ3v) is 3.75. The van der Waals surface area contributed by atoms with E-state index in [4.69, 9.17) is 9.47 Å². The van der Waals surface area contributed by atoms with Crippen LogP contribution in [0, 0.1) is 10.1 Å². The van der Waals surface area contributed by atoms with E-state index in [1.165, 1.54) is 6.07 Å². The molecule has 1 aromatic heterocycles. The van der Waals surface area contributed by atoms with Crippen LogP contribution in [0.25, 0.3) is 0 Å². The van der Waals surface area contributed by atoms with Gasteiger partial charge < -0.3 is 14.8 Å². The van der Waals surface area contributed by atoms with Crippen LogP contribution >= 0.6 is 0 Å². The van der Waals surface area contributed by atoms with E-state index in [-0.39, 0.29) is 22.7 Å². The van der Waals surface area contributed by atoms with Crippen LogP contribution in [-0.4, -0.2) is 29.0 Å². The topological polar surface area (TPSA) is 104 Å². The molecule has 1 amide bonds. The van der Waals surface area contributed by atoms with Gasteiger partial charge in [0.1, 0.15) is 11.4 Å². The molecule has 0 aliphatic carbocycles. The summed E-state index contributed by atoms with van der Waals surface area (Å²) in [6, 6.07) is 3.99. The zero-order valence-electron chi connectivity index (χ0n) is 16.3. The number of carbonyl (C=O) groups excluding carboxylic acids is 1. The molecule has 11 heteroatoms. The summed E-state index contributed by atoms with van der Waals surface area (Å²) in [4.78, 5) is 26.4. The SMILES string of the molecule is CCCOc1cc(NC(=O)c2ccc(C(F)(F)F)nc2)c([N+](=O)[O-])cc1OCCC. The first-order chi connectivity index (χ1) is 14.2. The molecule has 0 radical (unpaired) electrons. The Morgan fingerprint density at radius 2 is 1.73 bits per heavy atom. The van der Waals surface area contributed by atoms with E-state index in [0.717, 1.165) is 18.3 Å². The molecule has 1 aromatic carbocycles. The van der Waals surface area contributed by atoms with Crippen molar-refractivity contribution in [1.82, 2.24) is 4.98 Å². The molecule has 0 spiro atoms. The quantitative estimate of drug-likeness (QED) is 0.454. The van der Waals surface area contributed by atoms with Crippen LogP contribution in [0.15, 0.2) is 30.5 Å². The fraction of sp³-hybridized carbons (Fsp3) is 0.368. The number of nitrogens with zero attached hydrogens (tertiary/aromatic N) is 2. The Morgan fingerprint density at radius 1 is 1.13 bits per heavy atom. The van der Waals surface area contributed by atoms with Crippen LogP contribution in [0.5, 0.6) is 11.5 Å². The normalized spacial score (nSPS) is 11.1. The summed E-state index contributed by atoms with van der Waals surface area (Å²) in [6.45, 7) is 4.37. The van der Waals surface area contributed by atoms with Crippen LogP contribution in [0.2, 0.25) is 0 Å². The number of hydrogen-bond acceptors (Lipinski definition) is 6. The Balaban J connectivity index is 2.36. The molecule has 162 valence electrons. The second-order valence-electron chi connectivity index (χ2n) is 6.15. The van der Waals surface area contributed by atoms with Gasteiger partial charge in [0.25, 0.3) is 11.6 Å². The molecular formula is C19H20F3N3O5. The van der Waals surface area contributed by atoms with Crippen molar-refractivity contribution in [2.75, 3.05) is 18.5 Å². The molecule has 0 atom stereocenters. The zero-order valence-corrected chi connectivity index (χ0v) is 16.3. The second kappa shape index (κ2) is 9.90. The van der Waals surface area contributed by atoms with Crippen molar-refractivity contribution in [3.05, 3.63) is 51.8 Å². The number of nitrogens with one attached hydrogen (secondary N) is 1. The average Bonchev–Trinajstić information content (AvgIpc) is 2.70. The van der Waals surface area contributed by atoms with E-state index in [0.29, 0.717) is 32.1 Å². The maximum atomic E-state index is 12.6. The highest BCUT2D eigenvalue weighted by molar-refractivity contribution is 6.05. The lowest BCUT2D eigenvalue weighted by Crippen LogP contribution is -2.15. The van der Waals surface area contributed by atoms with E-state index >= 15 is 0 Å². The molecule has 2 aromatic rings. The molecule has 0 bridgehead atoms. The molecule has 30 heavy (non-hydrogen) atoms. The number of halogens is 3. The maximum Gasteiger partial charge on any atom is 0.433 e. The second-order valence-corrected chi connectivity index (χ2v) is 6.15. The van der Waals surface area contributed by atoms with Crippen molar-refractivity contribution in [1.29, 1.82) is 0 Å². The molecule has 8 nitrogen and oxygen atoms in total. The predicted molar refractivity (Wildman–Crippen MR) is 102 cm³/mol. The Bertz CT molecular complexity index is 902. The van der Waals surface area contributed by atoms with Gasteiger partial charge in [-0.05, 0) is 25.0 Å². The van der Waals surface area contributed by atoms with Crippen molar-refractivity contribution in [3.63, 3.8) is 0 Å². The van der Waals surface area contributed by atoms with Gasteiger partial charge in [-0.1, -0.05) is 13.8 Å². The number of rotatable bonds is 9. The highest BCUT2D eigenvalue weighted by Gasteiger charge is 2.32. The highest BCUT2D eigenvalue weighted by atomic mass is 19.4. The summed E-state index contributed by atoms with van der Waals surface area (Å²) < 4.78 is 48.9. The smallest absolute Gasteiger partial charge is 0.433 e. The van der Waals surface area contributed by atoms with E-state index < -0.39 is 28.4 Å². The maximum absolute atomic E-state index is 12.6. The first-order valence-electron chi connectivity index (χ1n) is 9.10. The summed E-state index contributed by atoms with van der Waals surface area (Å²) in [5.41, 5.74) is -1.98. The lowest BCUT2D eigenvalue weighted by atomic mass is 10.2. The molecule has 0 unspecified atom stereocenters. The number of anilines is 1. The third-order valence-electron chi connectivity index (χ3n) is 3.75. The molecule has 0 aliphatic heterocycles. The number of ether oxygens (including phenoxy) is 2. The van der Waals surface area contributed by atoms with E-state index in [1.54, 1.807) is 0 Å². The Kier molecular flexibility index (Phi) is 7.56.